The van der Waals surface area contributed by atoms with Gasteiger partial charge in [0.2, 0.25) is 0 Å². The molecule has 2 aromatic rings. The third-order valence-electron chi connectivity index (χ3n) is 2.48. The lowest BCUT2D eigenvalue weighted by Crippen LogP contribution is -2.21. The number of nitrogens with zero attached hydrogens (tertiary/aromatic N) is 2. The van der Waals surface area contributed by atoms with Gasteiger partial charge in [0.25, 0.3) is 5.56 Å². The molecule has 0 aliphatic carbocycles. The van der Waals surface area contributed by atoms with E-state index >= 15 is 0 Å². The van der Waals surface area contributed by atoms with Crippen molar-refractivity contribution in [3.05, 3.63) is 40.3 Å². The van der Waals surface area contributed by atoms with Crippen LogP contribution >= 0.6 is 0 Å². The molecule has 6 heteroatoms. The topological polar surface area (TPSA) is 34.9 Å². The molecule has 0 spiro atoms. The Morgan fingerprint density at radius 3 is 2.65 bits per heavy atom. The Bertz CT molecular complexity index is 616. The van der Waals surface area contributed by atoms with E-state index in [-0.39, 0.29) is 16.3 Å². The SMILES string of the molecule is CCn1ncc2cc(C(F)(F)F)ccc2c1=O. The molecule has 0 fully saturated rings. The molecule has 0 saturated heterocycles. The van der Waals surface area contributed by atoms with Crippen molar-refractivity contribution < 1.29 is 13.2 Å². The fourth-order valence-electron chi connectivity index (χ4n) is 1.59. The summed E-state index contributed by atoms with van der Waals surface area (Å²) in [7, 11) is 0. The zero-order valence-corrected chi connectivity index (χ0v) is 8.95. The second-order valence-electron chi connectivity index (χ2n) is 3.57. The minimum atomic E-state index is -4.41. The molecule has 0 bridgehead atoms. The van der Waals surface area contributed by atoms with Crippen molar-refractivity contribution in [2.75, 3.05) is 0 Å². The van der Waals surface area contributed by atoms with Gasteiger partial charge in [-0.15, -0.1) is 0 Å². The van der Waals surface area contributed by atoms with Crippen molar-refractivity contribution in [1.82, 2.24) is 9.78 Å². The fourth-order valence-corrected chi connectivity index (χ4v) is 1.59. The molecule has 1 aromatic carbocycles. The van der Waals surface area contributed by atoms with Gasteiger partial charge in [0.15, 0.2) is 0 Å². The average molecular weight is 242 g/mol. The molecule has 0 N–H and O–H groups in total. The number of alkyl halides is 3. The van der Waals surface area contributed by atoms with Crippen molar-refractivity contribution in [2.24, 2.45) is 0 Å². The highest BCUT2D eigenvalue weighted by Crippen LogP contribution is 2.30. The maximum atomic E-state index is 12.5. The number of aryl methyl sites for hydroxylation is 1. The van der Waals surface area contributed by atoms with Crippen molar-refractivity contribution in [1.29, 1.82) is 0 Å². The summed E-state index contributed by atoms with van der Waals surface area (Å²) in [6, 6.07) is 3.03. The monoisotopic (exact) mass is 242 g/mol. The van der Waals surface area contributed by atoms with Crippen LogP contribution in [0.1, 0.15) is 12.5 Å². The molecule has 0 aliphatic heterocycles. The molecule has 3 nitrogen and oxygen atoms in total. The van der Waals surface area contributed by atoms with Crippen LogP contribution in [0.5, 0.6) is 0 Å². The van der Waals surface area contributed by atoms with Gasteiger partial charge >= 0.3 is 6.18 Å². The first-order valence-electron chi connectivity index (χ1n) is 5.00. The molecule has 1 aromatic heterocycles. The van der Waals surface area contributed by atoms with Gasteiger partial charge in [-0.05, 0) is 25.1 Å². The summed E-state index contributed by atoms with van der Waals surface area (Å²) >= 11 is 0. The molecule has 0 saturated carbocycles. The summed E-state index contributed by atoms with van der Waals surface area (Å²) in [5, 5.41) is 4.23. The van der Waals surface area contributed by atoms with Crippen molar-refractivity contribution in [3.63, 3.8) is 0 Å². The standard InChI is InChI=1S/C11H9F3N2O/c1-2-16-10(17)9-4-3-8(11(12,13)14)5-7(9)6-15-16/h3-6H,2H2,1H3. The lowest BCUT2D eigenvalue weighted by molar-refractivity contribution is -0.137. The first-order valence-corrected chi connectivity index (χ1v) is 5.00. The minimum Gasteiger partial charge on any atom is -0.267 e. The molecule has 0 atom stereocenters. The third-order valence-corrected chi connectivity index (χ3v) is 2.48. The number of hydrogen-bond acceptors (Lipinski definition) is 2. The fraction of sp³-hybridized carbons (Fsp3) is 0.273. The molecular formula is C11H9F3N2O. The van der Waals surface area contributed by atoms with E-state index in [4.69, 9.17) is 0 Å². The van der Waals surface area contributed by atoms with Gasteiger partial charge in [0, 0.05) is 11.9 Å². The summed E-state index contributed by atoms with van der Waals surface area (Å²) in [4.78, 5) is 11.7. The highest BCUT2D eigenvalue weighted by molar-refractivity contribution is 5.81. The van der Waals surface area contributed by atoms with Crippen molar-refractivity contribution in [3.8, 4) is 0 Å². The van der Waals surface area contributed by atoms with E-state index in [9.17, 15) is 18.0 Å². The highest BCUT2D eigenvalue weighted by atomic mass is 19.4. The van der Waals surface area contributed by atoms with Gasteiger partial charge in [0.05, 0.1) is 17.1 Å². The third kappa shape index (κ3) is 2.02. The molecule has 17 heavy (non-hydrogen) atoms. The lowest BCUT2D eigenvalue weighted by Gasteiger charge is -2.08. The van der Waals surface area contributed by atoms with Crippen LogP contribution in [0, 0.1) is 0 Å². The summed E-state index contributed by atoms with van der Waals surface area (Å²) in [5.74, 6) is 0. The van der Waals surface area contributed by atoms with Crippen LogP contribution in [0.2, 0.25) is 0 Å². The smallest absolute Gasteiger partial charge is 0.267 e. The Morgan fingerprint density at radius 1 is 1.35 bits per heavy atom. The Hall–Kier alpha value is -1.85. The van der Waals surface area contributed by atoms with Gasteiger partial charge in [-0.2, -0.15) is 18.3 Å². The average Bonchev–Trinajstić information content (AvgIpc) is 2.28. The Morgan fingerprint density at radius 2 is 2.06 bits per heavy atom. The summed E-state index contributed by atoms with van der Waals surface area (Å²) in [6.45, 7) is 2.13. The molecule has 90 valence electrons. The highest BCUT2D eigenvalue weighted by Gasteiger charge is 2.30. The number of fused-ring (bicyclic) bond motifs is 1. The maximum Gasteiger partial charge on any atom is 0.416 e. The van der Waals surface area contributed by atoms with Crippen LogP contribution in [0.3, 0.4) is 0 Å². The van der Waals surface area contributed by atoms with E-state index in [1.807, 2.05) is 0 Å². The van der Waals surface area contributed by atoms with E-state index in [1.165, 1.54) is 16.9 Å². The van der Waals surface area contributed by atoms with Crippen LogP contribution in [-0.2, 0) is 12.7 Å². The molecule has 0 amide bonds. The number of halogens is 3. The van der Waals surface area contributed by atoms with E-state index in [0.29, 0.717) is 6.54 Å². The number of aromatic nitrogens is 2. The number of benzene rings is 1. The van der Waals surface area contributed by atoms with Gasteiger partial charge in [-0.25, -0.2) is 4.68 Å². The van der Waals surface area contributed by atoms with Gasteiger partial charge < -0.3 is 0 Å². The molecule has 1 heterocycles. The first kappa shape index (κ1) is 11.6. The van der Waals surface area contributed by atoms with E-state index < -0.39 is 11.7 Å². The zero-order chi connectivity index (χ0) is 12.6. The van der Waals surface area contributed by atoms with Crippen LogP contribution in [0.4, 0.5) is 13.2 Å². The van der Waals surface area contributed by atoms with Crippen molar-refractivity contribution in [2.45, 2.75) is 19.6 Å². The zero-order valence-electron chi connectivity index (χ0n) is 8.95. The van der Waals surface area contributed by atoms with Crippen molar-refractivity contribution >= 4 is 10.8 Å². The number of rotatable bonds is 1. The van der Waals surface area contributed by atoms with Gasteiger partial charge in [-0.3, -0.25) is 4.79 Å². The van der Waals surface area contributed by atoms with Gasteiger partial charge in [-0.1, -0.05) is 0 Å². The molecule has 0 radical (unpaired) electrons. The quantitative estimate of drug-likeness (QED) is 0.769. The summed E-state index contributed by atoms with van der Waals surface area (Å²) < 4.78 is 38.6. The largest absolute Gasteiger partial charge is 0.416 e. The predicted octanol–water partition coefficient (Wildman–Crippen LogP) is 2.44. The van der Waals surface area contributed by atoms with Crippen LogP contribution < -0.4 is 5.56 Å². The van der Waals surface area contributed by atoms with Crippen LogP contribution in [-0.4, -0.2) is 9.78 Å². The first-order chi connectivity index (χ1) is 7.93. The summed E-state index contributed by atoms with van der Waals surface area (Å²) in [6.07, 6.45) is -3.14. The van der Waals surface area contributed by atoms with Crippen LogP contribution in [0.15, 0.2) is 29.2 Å². The van der Waals surface area contributed by atoms with E-state index in [1.54, 1.807) is 6.92 Å². The second kappa shape index (κ2) is 3.87. The summed E-state index contributed by atoms with van der Waals surface area (Å²) in [5.41, 5.74) is -1.15. The molecular weight excluding hydrogens is 233 g/mol. The number of hydrogen-bond donors (Lipinski definition) is 0. The Labute approximate surface area is 94.5 Å². The second-order valence-corrected chi connectivity index (χ2v) is 3.57. The van der Waals surface area contributed by atoms with E-state index in [2.05, 4.69) is 5.10 Å². The molecule has 0 unspecified atom stereocenters. The predicted molar refractivity (Wildman–Crippen MR) is 56.7 cm³/mol. The van der Waals surface area contributed by atoms with Crippen LogP contribution in [0.25, 0.3) is 10.8 Å². The van der Waals surface area contributed by atoms with E-state index in [0.717, 1.165) is 12.1 Å². The molecule has 2 rings (SSSR count). The Kier molecular flexibility index (Phi) is 2.65. The minimum absolute atomic E-state index is 0.203. The maximum absolute atomic E-state index is 12.5. The normalized spacial score (nSPS) is 12.0. The van der Waals surface area contributed by atoms with Gasteiger partial charge in [0.1, 0.15) is 0 Å². The molecule has 0 aliphatic rings. The lowest BCUT2D eigenvalue weighted by atomic mass is 10.1. The Balaban J connectivity index is 2.70.